The highest BCUT2D eigenvalue weighted by Crippen LogP contribution is 2.20. The minimum Gasteiger partial charge on any atom is -0.494 e. The van der Waals surface area contributed by atoms with Crippen molar-refractivity contribution in [2.24, 2.45) is 0 Å². The first kappa shape index (κ1) is 23.0. The Morgan fingerprint density at radius 3 is 2.53 bits per heavy atom. The van der Waals surface area contributed by atoms with Crippen molar-refractivity contribution in [3.05, 3.63) is 87.5 Å². The van der Waals surface area contributed by atoms with Crippen molar-refractivity contribution in [2.45, 2.75) is 27.7 Å². The molecule has 3 aromatic heterocycles. The van der Waals surface area contributed by atoms with Crippen molar-refractivity contribution < 1.29 is 9.53 Å². The third-order valence-electron chi connectivity index (χ3n) is 5.86. The number of fused-ring (bicyclic) bond motifs is 1. The smallest absolute Gasteiger partial charge is 0.263 e. The number of anilines is 1. The molecule has 182 valence electrons. The molecule has 0 radical (unpaired) electrons. The van der Waals surface area contributed by atoms with Crippen LogP contribution >= 0.6 is 0 Å². The lowest BCUT2D eigenvalue weighted by atomic mass is 10.1. The quantitative estimate of drug-likeness (QED) is 0.378. The molecule has 0 saturated carbocycles. The van der Waals surface area contributed by atoms with Crippen LogP contribution in [0.3, 0.4) is 0 Å². The van der Waals surface area contributed by atoms with Gasteiger partial charge >= 0.3 is 0 Å². The number of nitrogens with one attached hydrogen (secondary N) is 2. The molecule has 5 aromatic rings. The standard InChI is InChI=1S/C26H25N7O3/c1-5-36-20-10-7-18(8-11-20)24(34)28-22-13-17(4)31-33(22)26-29-23-21(25(35)30-26)14-27-32(23)19-9-6-15(2)16(3)12-19/h6-14H,5H2,1-4H3,(H,28,34)(H,29,30,35). The lowest BCUT2D eigenvalue weighted by molar-refractivity contribution is 0.102. The Bertz CT molecular complexity index is 1640. The number of hydrogen-bond acceptors (Lipinski definition) is 6. The highest BCUT2D eigenvalue weighted by molar-refractivity contribution is 6.04. The molecule has 0 saturated heterocycles. The van der Waals surface area contributed by atoms with Gasteiger partial charge in [0, 0.05) is 11.6 Å². The topological polar surface area (TPSA) is 120 Å². The zero-order valence-corrected chi connectivity index (χ0v) is 20.4. The first-order chi connectivity index (χ1) is 17.3. The molecule has 36 heavy (non-hydrogen) atoms. The summed E-state index contributed by atoms with van der Waals surface area (Å²) in [6.07, 6.45) is 1.49. The Kier molecular flexibility index (Phi) is 5.85. The Morgan fingerprint density at radius 2 is 1.81 bits per heavy atom. The molecule has 2 aromatic carbocycles. The lowest BCUT2D eigenvalue weighted by Crippen LogP contribution is -2.19. The predicted molar refractivity (Wildman–Crippen MR) is 136 cm³/mol. The molecule has 0 aliphatic carbocycles. The number of H-pyrrole nitrogens is 1. The van der Waals surface area contributed by atoms with Gasteiger partial charge in [0.25, 0.3) is 11.5 Å². The van der Waals surface area contributed by atoms with Gasteiger partial charge in [0.15, 0.2) is 5.65 Å². The Morgan fingerprint density at radius 1 is 1.03 bits per heavy atom. The van der Waals surface area contributed by atoms with E-state index < -0.39 is 0 Å². The summed E-state index contributed by atoms with van der Waals surface area (Å²) in [5.74, 6) is 0.882. The van der Waals surface area contributed by atoms with Crippen molar-refractivity contribution in [1.29, 1.82) is 0 Å². The molecule has 5 rings (SSSR count). The van der Waals surface area contributed by atoms with Crippen LogP contribution in [0.15, 0.2) is 59.5 Å². The number of hydrogen-bond donors (Lipinski definition) is 2. The van der Waals surface area contributed by atoms with Gasteiger partial charge < -0.3 is 10.1 Å². The molecule has 0 atom stereocenters. The van der Waals surface area contributed by atoms with E-state index in [0.29, 0.717) is 40.5 Å². The van der Waals surface area contributed by atoms with E-state index in [1.807, 2.05) is 39.0 Å². The first-order valence-electron chi connectivity index (χ1n) is 11.5. The van der Waals surface area contributed by atoms with E-state index in [1.165, 1.54) is 10.9 Å². The zero-order chi connectivity index (χ0) is 25.4. The minimum atomic E-state index is -0.359. The maximum atomic E-state index is 12.9. The second kappa shape index (κ2) is 9.14. The van der Waals surface area contributed by atoms with E-state index >= 15 is 0 Å². The van der Waals surface area contributed by atoms with Crippen LogP contribution in [0.1, 0.15) is 34.1 Å². The molecule has 0 spiro atoms. The fourth-order valence-electron chi connectivity index (χ4n) is 3.86. The number of aryl methyl sites for hydroxylation is 3. The number of carbonyl (C=O) groups is 1. The molecule has 10 heteroatoms. The summed E-state index contributed by atoms with van der Waals surface area (Å²) >= 11 is 0. The van der Waals surface area contributed by atoms with Crippen LogP contribution < -0.4 is 15.6 Å². The van der Waals surface area contributed by atoms with Gasteiger partial charge in [-0.15, -0.1) is 0 Å². The van der Waals surface area contributed by atoms with Gasteiger partial charge in [-0.3, -0.25) is 14.6 Å². The fraction of sp³-hybridized carbons (Fsp3) is 0.192. The number of amides is 1. The maximum absolute atomic E-state index is 12.9. The van der Waals surface area contributed by atoms with Crippen LogP contribution in [0.4, 0.5) is 5.82 Å². The summed E-state index contributed by atoms with van der Waals surface area (Å²) in [7, 11) is 0. The third-order valence-corrected chi connectivity index (χ3v) is 5.86. The van der Waals surface area contributed by atoms with Gasteiger partial charge in [-0.1, -0.05) is 6.07 Å². The van der Waals surface area contributed by atoms with E-state index in [-0.39, 0.29) is 17.4 Å². The maximum Gasteiger partial charge on any atom is 0.263 e. The molecule has 1 amide bonds. The van der Waals surface area contributed by atoms with Crippen molar-refractivity contribution in [3.8, 4) is 17.4 Å². The number of aromatic amines is 1. The summed E-state index contributed by atoms with van der Waals surface area (Å²) in [5, 5.41) is 12.0. The summed E-state index contributed by atoms with van der Waals surface area (Å²) in [6, 6.07) is 14.5. The van der Waals surface area contributed by atoms with Gasteiger partial charge in [0.2, 0.25) is 5.95 Å². The van der Waals surface area contributed by atoms with E-state index in [4.69, 9.17) is 4.74 Å². The van der Waals surface area contributed by atoms with E-state index in [2.05, 4.69) is 25.5 Å². The van der Waals surface area contributed by atoms with Gasteiger partial charge in [0.1, 0.15) is 17.0 Å². The number of aromatic nitrogens is 6. The van der Waals surface area contributed by atoms with Crippen molar-refractivity contribution in [1.82, 2.24) is 29.5 Å². The van der Waals surface area contributed by atoms with Gasteiger partial charge in [-0.05, 0) is 75.2 Å². The summed E-state index contributed by atoms with van der Waals surface area (Å²) in [5.41, 5.74) is 4.16. The van der Waals surface area contributed by atoms with Crippen molar-refractivity contribution >= 4 is 22.8 Å². The summed E-state index contributed by atoms with van der Waals surface area (Å²) in [4.78, 5) is 33.2. The zero-order valence-electron chi connectivity index (χ0n) is 20.4. The van der Waals surface area contributed by atoms with Crippen LogP contribution in [-0.2, 0) is 0 Å². The van der Waals surface area contributed by atoms with Crippen molar-refractivity contribution in [2.75, 3.05) is 11.9 Å². The van der Waals surface area contributed by atoms with Crippen LogP contribution in [-0.4, -0.2) is 42.0 Å². The average molecular weight is 484 g/mol. The van der Waals surface area contributed by atoms with E-state index in [9.17, 15) is 9.59 Å². The number of nitrogens with zero attached hydrogens (tertiary/aromatic N) is 5. The molecule has 10 nitrogen and oxygen atoms in total. The molecule has 0 aliphatic rings. The van der Waals surface area contributed by atoms with Crippen LogP contribution in [0, 0.1) is 20.8 Å². The fourth-order valence-corrected chi connectivity index (χ4v) is 3.86. The number of rotatable bonds is 6. The van der Waals surface area contributed by atoms with Crippen LogP contribution in [0.5, 0.6) is 5.75 Å². The van der Waals surface area contributed by atoms with Crippen LogP contribution in [0.25, 0.3) is 22.7 Å². The second-order valence-electron chi connectivity index (χ2n) is 8.45. The van der Waals surface area contributed by atoms with Gasteiger partial charge in [0.05, 0.1) is 24.2 Å². The third kappa shape index (κ3) is 4.24. The molecular formula is C26H25N7O3. The highest BCUT2D eigenvalue weighted by atomic mass is 16.5. The summed E-state index contributed by atoms with van der Waals surface area (Å²) < 4.78 is 8.46. The molecule has 3 heterocycles. The molecule has 0 fully saturated rings. The highest BCUT2D eigenvalue weighted by Gasteiger charge is 2.18. The predicted octanol–water partition coefficient (Wildman–Crippen LogP) is 3.87. The van der Waals surface area contributed by atoms with E-state index in [0.717, 1.165) is 16.8 Å². The average Bonchev–Trinajstić information content (AvgIpc) is 3.45. The van der Waals surface area contributed by atoms with Gasteiger partial charge in [-0.2, -0.15) is 19.9 Å². The molecular weight excluding hydrogens is 458 g/mol. The second-order valence-corrected chi connectivity index (χ2v) is 8.45. The molecule has 0 aliphatic heterocycles. The molecule has 0 unspecified atom stereocenters. The number of ether oxygens (including phenoxy) is 1. The van der Waals surface area contributed by atoms with Crippen molar-refractivity contribution in [3.63, 3.8) is 0 Å². The Balaban J connectivity index is 1.53. The van der Waals surface area contributed by atoms with Gasteiger partial charge in [-0.25, -0.2) is 4.68 Å². The largest absolute Gasteiger partial charge is 0.494 e. The SMILES string of the molecule is CCOc1ccc(C(=O)Nc2cc(C)nn2-c2nc3c(cnn3-c3ccc(C)c(C)c3)c(=O)[nH]2)cc1. The van der Waals surface area contributed by atoms with Crippen LogP contribution in [0.2, 0.25) is 0 Å². The normalized spacial score (nSPS) is 11.1. The number of benzene rings is 2. The molecule has 0 bridgehead atoms. The molecule has 2 N–H and O–H groups in total. The first-order valence-corrected chi connectivity index (χ1v) is 11.5. The minimum absolute atomic E-state index is 0.160. The summed E-state index contributed by atoms with van der Waals surface area (Å²) in [6.45, 7) is 8.28. The van der Waals surface area contributed by atoms with E-state index in [1.54, 1.807) is 41.9 Å². The Hall–Kier alpha value is -4.73. The number of carbonyl (C=O) groups excluding carboxylic acids is 1. The Labute approximate surface area is 206 Å². The lowest BCUT2D eigenvalue weighted by Gasteiger charge is -2.10. The monoisotopic (exact) mass is 483 g/mol.